The number of allylic oxidation sites excluding steroid dienone is 5. The van der Waals surface area contributed by atoms with Crippen LogP contribution >= 0.6 is 0 Å². The van der Waals surface area contributed by atoms with Gasteiger partial charge in [-0.25, -0.2) is 8.78 Å². The summed E-state index contributed by atoms with van der Waals surface area (Å²) in [5.41, 5.74) is 1.16. The molecule has 2 rings (SSSR count). The lowest BCUT2D eigenvalue weighted by atomic mass is 10.0. The Morgan fingerprint density at radius 2 is 2.05 bits per heavy atom. The van der Waals surface area contributed by atoms with Gasteiger partial charge >= 0.3 is 0 Å². The monoisotopic (exact) mass is 284 g/mol. The molecule has 0 radical (unpaired) electrons. The van der Waals surface area contributed by atoms with E-state index in [0.29, 0.717) is 11.3 Å². The molecule has 0 aromatic heterocycles. The number of hydrogen-bond donors (Lipinski definition) is 2. The van der Waals surface area contributed by atoms with E-state index in [1.807, 2.05) is 0 Å². The second kappa shape index (κ2) is 6.67. The normalized spacial score (nSPS) is 16.8. The summed E-state index contributed by atoms with van der Waals surface area (Å²) >= 11 is 0. The van der Waals surface area contributed by atoms with Gasteiger partial charge in [0, 0.05) is 23.8 Å². The Labute approximate surface area is 122 Å². The van der Waals surface area contributed by atoms with Gasteiger partial charge in [0.2, 0.25) is 0 Å². The van der Waals surface area contributed by atoms with Crippen LogP contribution in [0.1, 0.15) is 18.0 Å². The summed E-state index contributed by atoms with van der Waals surface area (Å²) in [5, 5.41) is 10.7. The van der Waals surface area contributed by atoms with Crippen LogP contribution in [0.5, 0.6) is 0 Å². The van der Waals surface area contributed by atoms with Gasteiger partial charge in [-0.2, -0.15) is 0 Å². The molecule has 1 aromatic rings. The zero-order chi connectivity index (χ0) is 15.2. The molecule has 2 nitrogen and oxygen atoms in total. The van der Waals surface area contributed by atoms with E-state index in [2.05, 4.69) is 11.2 Å². The Morgan fingerprint density at radius 3 is 2.76 bits per heavy atom. The van der Waals surface area contributed by atoms with Gasteiger partial charge in [0.1, 0.15) is 11.6 Å². The van der Waals surface area contributed by atoms with Gasteiger partial charge in [0.15, 0.2) is 0 Å². The van der Waals surface area contributed by atoms with Crippen LogP contribution < -0.4 is 5.32 Å². The third-order valence-electron chi connectivity index (χ3n) is 3.06. The van der Waals surface area contributed by atoms with Gasteiger partial charge < -0.3 is 10.7 Å². The zero-order valence-electron chi connectivity index (χ0n) is 11.2. The van der Waals surface area contributed by atoms with Crippen molar-refractivity contribution in [1.82, 2.24) is 5.32 Å². The van der Waals surface area contributed by atoms with Crippen LogP contribution in [0.25, 0.3) is 0 Å². The first-order valence-corrected chi connectivity index (χ1v) is 6.40. The van der Waals surface area contributed by atoms with Crippen molar-refractivity contribution < 1.29 is 8.78 Å². The van der Waals surface area contributed by atoms with Crippen LogP contribution in [-0.2, 0) is 0 Å². The molecule has 0 bridgehead atoms. The van der Waals surface area contributed by atoms with E-state index in [-0.39, 0.29) is 12.0 Å². The standard InChI is InChI=1S/C17H14F2N2/c1-2-5-17(14-10-13(18)8-9-15(14)19)21-11-12-6-3-4-7-16(12)20/h1,3-4,6-11,17,20-21H,5H2/b12-11-,20-16?. The molecule has 21 heavy (non-hydrogen) atoms. The average Bonchev–Trinajstić information content (AvgIpc) is 2.48. The summed E-state index contributed by atoms with van der Waals surface area (Å²) in [5.74, 6) is 1.41. The van der Waals surface area contributed by atoms with Crippen molar-refractivity contribution in [3.63, 3.8) is 0 Å². The Hall–Kier alpha value is -2.67. The van der Waals surface area contributed by atoms with Crippen molar-refractivity contribution in [2.75, 3.05) is 0 Å². The summed E-state index contributed by atoms with van der Waals surface area (Å²) in [6.45, 7) is 0. The first-order chi connectivity index (χ1) is 10.1. The van der Waals surface area contributed by atoms with Crippen LogP contribution in [0.4, 0.5) is 8.78 Å². The molecule has 1 aliphatic carbocycles. The minimum atomic E-state index is -0.551. The molecule has 0 saturated heterocycles. The highest BCUT2D eigenvalue weighted by Crippen LogP contribution is 2.21. The lowest BCUT2D eigenvalue weighted by molar-refractivity contribution is 0.541. The molecule has 4 heteroatoms. The highest BCUT2D eigenvalue weighted by molar-refractivity contribution is 6.09. The fraction of sp³-hybridized carbons (Fsp3) is 0.118. The second-order valence-electron chi connectivity index (χ2n) is 4.52. The van der Waals surface area contributed by atoms with Crippen LogP contribution in [0.15, 0.2) is 54.3 Å². The minimum Gasteiger partial charge on any atom is -0.382 e. The van der Waals surface area contributed by atoms with Crippen molar-refractivity contribution in [3.8, 4) is 12.3 Å². The van der Waals surface area contributed by atoms with Crippen LogP contribution in [-0.4, -0.2) is 5.71 Å². The number of halogens is 2. The van der Waals surface area contributed by atoms with Gasteiger partial charge in [-0.1, -0.05) is 18.2 Å². The molecule has 0 saturated carbocycles. The Kier molecular flexibility index (Phi) is 4.68. The highest BCUT2D eigenvalue weighted by Gasteiger charge is 2.15. The maximum Gasteiger partial charge on any atom is 0.128 e. The summed E-state index contributed by atoms with van der Waals surface area (Å²) in [4.78, 5) is 0. The Balaban J connectivity index is 2.24. The lowest BCUT2D eigenvalue weighted by Gasteiger charge is -2.17. The third-order valence-corrected chi connectivity index (χ3v) is 3.06. The van der Waals surface area contributed by atoms with E-state index in [9.17, 15) is 8.78 Å². The molecule has 106 valence electrons. The quantitative estimate of drug-likeness (QED) is 0.813. The molecular weight excluding hydrogens is 270 g/mol. The van der Waals surface area contributed by atoms with Gasteiger partial charge in [-0.05, 0) is 24.3 Å². The van der Waals surface area contributed by atoms with Crippen LogP contribution in [0, 0.1) is 29.4 Å². The highest BCUT2D eigenvalue weighted by atomic mass is 19.1. The number of nitrogens with one attached hydrogen (secondary N) is 2. The van der Waals surface area contributed by atoms with E-state index < -0.39 is 17.7 Å². The van der Waals surface area contributed by atoms with Gasteiger partial charge in [0.05, 0.1) is 11.8 Å². The fourth-order valence-electron chi connectivity index (χ4n) is 1.97. The first-order valence-electron chi connectivity index (χ1n) is 6.40. The molecule has 1 aliphatic rings. The van der Waals surface area contributed by atoms with Crippen LogP contribution in [0.2, 0.25) is 0 Å². The van der Waals surface area contributed by atoms with Crippen molar-refractivity contribution in [2.24, 2.45) is 0 Å². The minimum absolute atomic E-state index is 0.173. The SMILES string of the molecule is C#CCC(N/C=C1/C=CC=CC1=N)c1cc(F)ccc1F. The topological polar surface area (TPSA) is 35.9 Å². The Morgan fingerprint density at radius 1 is 1.29 bits per heavy atom. The number of terminal acetylenes is 1. The molecule has 1 atom stereocenters. The maximum absolute atomic E-state index is 13.8. The molecule has 0 spiro atoms. The summed E-state index contributed by atoms with van der Waals surface area (Å²) in [6.07, 6.45) is 14.0. The predicted octanol–water partition coefficient (Wildman–Crippen LogP) is 3.65. The van der Waals surface area contributed by atoms with E-state index >= 15 is 0 Å². The molecule has 0 amide bonds. The summed E-state index contributed by atoms with van der Waals surface area (Å²) in [7, 11) is 0. The lowest BCUT2D eigenvalue weighted by Crippen LogP contribution is -2.18. The van der Waals surface area contributed by atoms with Crippen molar-refractivity contribution in [2.45, 2.75) is 12.5 Å². The molecule has 1 aromatic carbocycles. The van der Waals surface area contributed by atoms with Crippen molar-refractivity contribution in [3.05, 3.63) is 71.5 Å². The van der Waals surface area contributed by atoms with Crippen molar-refractivity contribution in [1.29, 1.82) is 5.41 Å². The summed E-state index contributed by atoms with van der Waals surface area (Å²) in [6, 6.07) is 2.72. The third kappa shape index (κ3) is 3.67. The van der Waals surface area contributed by atoms with E-state index in [1.165, 1.54) is 0 Å². The van der Waals surface area contributed by atoms with Gasteiger partial charge in [0.25, 0.3) is 0 Å². The predicted molar refractivity (Wildman–Crippen MR) is 79.8 cm³/mol. The molecule has 2 N–H and O–H groups in total. The second-order valence-corrected chi connectivity index (χ2v) is 4.52. The largest absolute Gasteiger partial charge is 0.382 e. The molecule has 0 aliphatic heterocycles. The number of hydrogen-bond acceptors (Lipinski definition) is 2. The van der Waals surface area contributed by atoms with Crippen LogP contribution in [0.3, 0.4) is 0 Å². The number of benzene rings is 1. The molecular formula is C17H14F2N2. The first kappa shape index (κ1) is 14.7. The van der Waals surface area contributed by atoms with E-state index in [4.69, 9.17) is 11.8 Å². The van der Waals surface area contributed by atoms with Gasteiger partial charge in [-0.15, -0.1) is 12.3 Å². The zero-order valence-corrected chi connectivity index (χ0v) is 11.2. The van der Waals surface area contributed by atoms with E-state index in [0.717, 1.165) is 18.2 Å². The smallest absolute Gasteiger partial charge is 0.128 e. The average molecular weight is 284 g/mol. The fourth-order valence-corrected chi connectivity index (χ4v) is 1.97. The van der Waals surface area contributed by atoms with Gasteiger partial charge in [-0.3, -0.25) is 0 Å². The molecule has 0 fully saturated rings. The maximum atomic E-state index is 13.8. The molecule has 1 unspecified atom stereocenters. The Bertz CT molecular complexity index is 679. The summed E-state index contributed by atoms with van der Waals surface area (Å²) < 4.78 is 27.1. The van der Waals surface area contributed by atoms with Crippen molar-refractivity contribution >= 4 is 5.71 Å². The number of rotatable bonds is 4. The van der Waals surface area contributed by atoms with E-state index in [1.54, 1.807) is 30.5 Å². The molecule has 0 heterocycles.